The topological polar surface area (TPSA) is 41.5 Å². The molecule has 0 radical (unpaired) electrons. The van der Waals surface area contributed by atoms with Gasteiger partial charge in [-0.15, -0.1) is 0 Å². The number of nitrogens with one attached hydrogen (secondary N) is 1. The van der Waals surface area contributed by atoms with E-state index in [1.165, 1.54) is 25.7 Å². The third-order valence-electron chi connectivity index (χ3n) is 4.04. The Morgan fingerprint density at radius 3 is 2.44 bits per heavy atom. The lowest BCUT2D eigenvalue weighted by Gasteiger charge is -2.18. The molecule has 2 saturated carbocycles. The molecule has 98 valence electrons. The summed E-state index contributed by atoms with van der Waals surface area (Å²) in [6.07, 6.45) is 5.56. The third kappa shape index (κ3) is 2.61. The summed E-state index contributed by atoms with van der Waals surface area (Å²) in [7, 11) is 1.57. The fourth-order valence-corrected chi connectivity index (χ4v) is 2.71. The van der Waals surface area contributed by atoms with Gasteiger partial charge < -0.3 is 15.2 Å². The van der Waals surface area contributed by atoms with Crippen LogP contribution in [0, 0.1) is 11.8 Å². The van der Waals surface area contributed by atoms with Crippen molar-refractivity contribution in [2.75, 3.05) is 7.11 Å². The molecule has 0 spiro atoms. The fraction of sp³-hybridized carbons (Fsp3) is 0.600. The second-order valence-electron chi connectivity index (χ2n) is 5.59. The Kier molecular flexibility index (Phi) is 3.16. The van der Waals surface area contributed by atoms with Gasteiger partial charge in [-0.3, -0.25) is 0 Å². The highest BCUT2D eigenvalue weighted by Crippen LogP contribution is 2.44. The number of rotatable bonds is 6. The molecule has 0 heterocycles. The lowest BCUT2D eigenvalue weighted by Crippen LogP contribution is -2.32. The molecule has 1 aromatic carbocycles. The van der Waals surface area contributed by atoms with Gasteiger partial charge in [0.1, 0.15) is 0 Å². The first-order chi connectivity index (χ1) is 8.78. The lowest BCUT2D eigenvalue weighted by molar-refractivity contribution is 0.372. The van der Waals surface area contributed by atoms with Gasteiger partial charge in [0.15, 0.2) is 11.5 Å². The van der Waals surface area contributed by atoms with E-state index in [2.05, 4.69) is 5.32 Å². The molecule has 0 bridgehead atoms. The number of hydrogen-bond acceptors (Lipinski definition) is 3. The normalized spacial score (nSPS) is 19.2. The maximum atomic E-state index is 9.75. The van der Waals surface area contributed by atoms with E-state index in [1.807, 2.05) is 12.1 Å². The van der Waals surface area contributed by atoms with Crippen LogP contribution in [0.2, 0.25) is 0 Å². The van der Waals surface area contributed by atoms with Gasteiger partial charge in [-0.1, -0.05) is 6.07 Å². The van der Waals surface area contributed by atoms with Gasteiger partial charge in [0, 0.05) is 12.6 Å². The van der Waals surface area contributed by atoms with Crippen LogP contribution in [-0.2, 0) is 6.54 Å². The monoisotopic (exact) mass is 247 g/mol. The van der Waals surface area contributed by atoms with Crippen LogP contribution in [0.15, 0.2) is 18.2 Å². The second-order valence-corrected chi connectivity index (χ2v) is 5.59. The first kappa shape index (κ1) is 11.8. The van der Waals surface area contributed by atoms with Crippen molar-refractivity contribution in [2.24, 2.45) is 11.8 Å². The molecule has 3 rings (SSSR count). The average molecular weight is 247 g/mol. The molecule has 2 aliphatic carbocycles. The van der Waals surface area contributed by atoms with Gasteiger partial charge in [-0.25, -0.2) is 0 Å². The van der Waals surface area contributed by atoms with E-state index in [1.54, 1.807) is 13.2 Å². The Balaban J connectivity index is 1.60. The quantitative estimate of drug-likeness (QED) is 0.812. The van der Waals surface area contributed by atoms with Crippen LogP contribution in [-0.4, -0.2) is 18.3 Å². The Labute approximate surface area is 108 Å². The van der Waals surface area contributed by atoms with Crippen molar-refractivity contribution in [1.82, 2.24) is 5.32 Å². The van der Waals surface area contributed by atoms with Gasteiger partial charge in [0.05, 0.1) is 7.11 Å². The van der Waals surface area contributed by atoms with E-state index in [-0.39, 0.29) is 5.75 Å². The highest BCUT2D eigenvalue weighted by molar-refractivity contribution is 5.41. The zero-order valence-electron chi connectivity index (χ0n) is 10.9. The van der Waals surface area contributed by atoms with Crippen LogP contribution < -0.4 is 10.1 Å². The molecule has 0 saturated heterocycles. The second kappa shape index (κ2) is 4.81. The molecule has 0 amide bonds. The largest absolute Gasteiger partial charge is 0.504 e. The Hall–Kier alpha value is -1.22. The van der Waals surface area contributed by atoms with Gasteiger partial charge in [0.2, 0.25) is 0 Å². The molecule has 0 atom stereocenters. The highest BCUT2D eigenvalue weighted by Gasteiger charge is 2.40. The Morgan fingerprint density at radius 2 is 1.94 bits per heavy atom. The zero-order valence-corrected chi connectivity index (χ0v) is 10.9. The molecule has 2 fully saturated rings. The number of methoxy groups -OCH3 is 1. The van der Waals surface area contributed by atoms with Crippen LogP contribution in [0.3, 0.4) is 0 Å². The standard InChI is InChI=1S/C15H21NO2/c1-18-14-7-2-10(8-13(14)17)9-16-15(11-3-4-11)12-5-6-12/h2,7-8,11-12,15-17H,3-6,9H2,1H3. The molecule has 3 heteroatoms. The predicted octanol–water partition coefficient (Wildman–Crippen LogP) is 2.68. The van der Waals surface area contributed by atoms with E-state index in [9.17, 15) is 5.11 Å². The van der Waals surface area contributed by atoms with Crippen LogP contribution in [0.25, 0.3) is 0 Å². The SMILES string of the molecule is COc1ccc(CNC(C2CC2)C2CC2)cc1O. The minimum absolute atomic E-state index is 0.228. The van der Waals surface area contributed by atoms with Crippen LogP contribution in [0.5, 0.6) is 11.5 Å². The first-order valence-corrected chi connectivity index (χ1v) is 6.87. The van der Waals surface area contributed by atoms with Crippen LogP contribution in [0.4, 0.5) is 0 Å². The Bertz CT molecular complexity index is 413. The number of aromatic hydroxyl groups is 1. The van der Waals surface area contributed by atoms with Crippen molar-refractivity contribution < 1.29 is 9.84 Å². The summed E-state index contributed by atoms with van der Waals surface area (Å²) < 4.78 is 5.05. The fourth-order valence-electron chi connectivity index (χ4n) is 2.71. The van der Waals surface area contributed by atoms with E-state index in [0.717, 1.165) is 23.9 Å². The number of ether oxygens (including phenoxy) is 1. The van der Waals surface area contributed by atoms with Crippen molar-refractivity contribution in [3.63, 3.8) is 0 Å². The summed E-state index contributed by atoms with van der Waals surface area (Å²) in [6.45, 7) is 0.842. The summed E-state index contributed by atoms with van der Waals surface area (Å²) in [5.41, 5.74) is 1.12. The highest BCUT2D eigenvalue weighted by atomic mass is 16.5. The maximum absolute atomic E-state index is 9.75. The van der Waals surface area contributed by atoms with Crippen molar-refractivity contribution in [2.45, 2.75) is 38.3 Å². The van der Waals surface area contributed by atoms with Crippen LogP contribution in [0.1, 0.15) is 31.2 Å². The third-order valence-corrected chi connectivity index (χ3v) is 4.04. The van der Waals surface area contributed by atoms with Crippen molar-refractivity contribution >= 4 is 0 Å². The molecule has 1 aromatic rings. The van der Waals surface area contributed by atoms with Gasteiger partial charge in [0.25, 0.3) is 0 Å². The Morgan fingerprint density at radius 1 is 1.28 bits per heavy atom. The minimum atomic E-state index is 0.228. The van der Waals surface area contributed by atoms with Gasteiger partial charge in [-0.05, 0) is 55.2 Å². The van der Waals surface area contributed by atoms with Gasteiger partial charge >= 0.3 is 0 Å². The van der Waals surface area contributed by atoms with Crippen molar-refractivity contribution in [3.05, 3.63) is 23.8 Å². The average Bonchev–Trinajstić information content (AvgIpc) is 3.24. The van der Waals surface area contributed by atoms with E-state index in [0.29, 0.717) is 11.8 Å². The molecule has 0 aliphatic heterocycles. The predicted molar refractivity (Wildman–Crippen MR) is 70.7 cm³/mol. The zero-order chi connectivity index (χ0) is 12.5. The molecule has 0 unspecified atom stereocenters. The van der Waals surface area contributed by atoms with Crippen molar-refractivity contribution in [1.29, 1.82) is 0 Å². The van der Waals surface area contributed by atoms with Gasteiger partial charge in [-0.2, -0.15) is 0 Å². The summed E-state index contributed by atoms with van der Waals surface area (Å²) in [6, 6.07) is 6.34. The number of benzene rings is 1. The molecular weight excluding hydrogens is 226 g/mol. The number of hydrogen-bond donors (Lipinski definition) is 2. The summed E-state index contributed by atoms with van der Waals surface area (Å²) in [5, 5.41) is 13.4. The van der Waals surface area contributed by atoms with Crippen molar-refractivity contribution in [3.8, 4) is 11.5 Å². The van der Waals surface area contributed by atoms with E-state index in [4.69, 9.17) is 4.74 Å². The molecule has 2 N–H and O–H groups in total. The van der Waals surface area contributed by atoms with E-state index >= 15 is 0 Å². The number of phenols is 1. The molecule has 2 aliphatic rings. The summed E-state index contributed by atoms with van der Waals surface area (Å²) in [4.78, 5) is 0. The maximum Gasteiger partial charge on any atom is 0.160 e. The van der Waals surface area contributed by atoms with Crippen LogP contribution >= 0.6 is 0 Å². The molecule has 3 nitrogen and oxygen atoms in total. The summed E-state index contributed by atoms with van der Waals surface area (Å²) in [5.74, 6) is 2.58. The smallest absolute Gasteiger partial charge is 0.160 e. The first-order valence-electron chi connectivity index (χ1n) is 6.87. The minimum Gasteiger partial charge on any atom is -0.504 e. The van der Waals surface area contributed by atoms with E-state index < -0.39 is 0 Å². The number of phenolic OH excluding ortho intramolecular Hbond substituents is 1. The lowest BCUT2D eigenvalue weighted by atomic mass is 10.1. The molecule has 18 heavy (non-hydrogen) atoms. The molecule has 0 aromatic heterocycles. The molecular formula is C15H21NO2. The summed E-state index contributed by atoms with van der Waals surface area (Å²) >= 11 is 0.